The van der Waals surface area contributed by atoms with Crippen molar-refractivity contribution in [3.05, 3.63) is 64.8 Å². The predicted molar refractivity (Wildman–Crippen MR) is 120 cm³/mol. The molecule has 0 bridgehead atoms. The van der Waals surface area contributed by atoms with E-state index in [1.807, 2.05) is 39.1 Å². The zero-order chi connectivity index (χ0) is 22.7. The first-order valence-electron chi connectivity index (χ1n) is 10.2. The van der Waals surface area contributed by atoms with E-state index in [4.69, 9.17) is 9.15 Å². The minimum Gasteiger partial charge on any atom is -0.496 e. The van der Waals surface area contributed by atoms with E-state index < -0.39 is 0 Å². The molecular formula is C23H24N6O3. The molecule has 0 radical (unpaired) electrons. The van der Waals surface area contributed by atoms with Crippen molar-refractivity contribution in [2.24, 2.45) is 0 Å². The number of hydrogen-bond acceptors (Lipinski definition) is 8. The topological polar surface area (TPSA) is 108 Å². The highest BCUT2D eigenvalue weighted by Crippen LogP contribution is 2.31. The zero-order valence-electron chi connectivity index (χ0n) is 18.4. The molecule has 9 heteroatoms. The van der Waals surface area contributed by atoms with Crippen LogP contribution in [0.5, 0.6) is 5.75 Å². The minimum atomic E-state index is -0.0657. The van der Waals surface area contributed by atoms with Crippen LogP contribution in [0, 0.1) is 0 Å². The van der Waals surface area contributed by atoms with Crippen molar-refractivity contribution in [2.45, 2.75) is 26.4 Å². The van der Waals surface area contributed by atoms with Crippen LogP contribution in [-0.4, -0.2) is 38.9 Å². The maximum Gasteiger partial charge on any atom is 0.268 e. The molecule has 0 aliphatic carbocycles. The van der Waals surface area contributed by atoms with Crippen LogP contribution in [0.4, 0.5) is 0 Å². The summed E-state index contributed by atoms with van der Waals surface area (Å²) in [6, 6.07) is 9.08. The van der Waals surface area contributed by atoms with Crippen molar-refractivity contribution in [3.63, 3.8) is 0 Å². The lowest BCUT2D eigenvalue weighted by Crippen LogP contribution is -2.20. The van der Waals surface area contributed by atoms with Gasteiger partial charge in [0.2, 0.25) is 0 Å². The number of methoxy groups -OCH3 is 1. The summed E-state index contributed by atoms with van der Waals surface area (Å²) in [6.45, 7) is 4.62. The van der Waals surface area contributed by atoms with Crippen molar-refractivity contribution in [1.29, 1.82) is 0 Å². The average molecular weight is 432 g/mol. The molecule has 4 rings (SSSR count). The first kappa shape index (κ1) is 21.4. The Hall–Kier alpha value is -3.85. The lowest BCUT2D eigenvalue weighted by molar-refractivity contribution is 0.413. The summed E-state index contributed by atoms with van der Waals surface area (Å²) in [6.07, 6.45) is 4.97. The first-order valence-corrected chi connectivity index (χ1v) is 10.2. The summed E-state index contributed by atoms with van der Waals surface area (Å²) in [5.74, 6) is 1.21. The Kier molecular flexibility index (Phi) is 6.09. The van der Waals surface area contributed by atoms with Gasteiger partial charge in [-0.2, -0.15) is 0 Å². The van der Waals surface area contributed by atoms with Gasteiger partial charge in [-0.3, -0.25) is 9.78 Å². The number of pyridine rings is 1. The third-order valence-corrected chi connectivity index (χ3v) is 4.95. The monoisotopic (exact) mass is 432 g/mol. The van der Waals surface area contributed by atoms with Crippen LogP contribution in [0.2, 0.25) is 0 Å². The average Bonchev–Trinajstić information content (AvgIpc) is 3.29. The Morgan fingerprint density at radius 2 is 1.88 bits per heavy atom. The van der Waals surface area contributed by atoms with E-state index in [2.05, 4.69) is 25.5 Å². The van der Waals surface area contributed by atoms with Gasteiger partial charge in [-0.05, 0) is 44.7 Å². The Balaban J connectivity index is 1.68. The maximum absolute atomic E-state index is 12.1. The smallest absolute Gasteiger partial charge is 0.268 e. The van der Waals surface area contributed by atoms with E-state index in [-0.39, 0.29) is 17.5 Å². The molecule has 0 atom stereocenters. The maximum atomic E-state index is 12.1. The number of aromatic nitrogens is 5. The summed E-state index contributed by atoms with van der Waals surface area (Å²) in [5.41, 5.74) is 3.52. The van der Waals surface area contributed by atoms with Crippen LogP contribution in [0.3, 0.4) is 0 Å². The number of rotatable bonds is 7. The summed E-state index contributed by atoms with van der Waals surface area (Å²) in [5, 5.41) is 11.4. The van der Waals surface area contributed by atoms with Crippen molar-refractivity contribution < 1.29 is 9.15 Å². The fourth-order valence-corrected chi connectivity index (χ4v) is 3.33. The van der Waals surface area contributed by atoms with Gasteiger partial charge < -0.3 is 19.0 Å². The molecular weight excluding hydrogens is 408 g/mol. The second-order valence-corrected chi connectivity index (χ2v) is 7.52. The van der Waals surface area contributed by atoms with E-state index >= 15 is 0 Å². The first-order chi connectivity index (χ1) is 15.5. The summed E-state index contributed by atoms with van der Waals surface area (Å²) in [4.78, 5) is 21.0. The van der Waals surface area contributed by atoms with E-state index in [1.54, 1.807) is 36.3 Å². The molecule has 3 aromatic heterocycles. The van der Waals surface area contributed by atoms with Gasteiger partial charge in [-0.15, -0.1) is 10.2 Å². The van der Waals surface area contributed by atoms with Gasteiger partial charge >= 0.3 is 0 Å². The Bertz CT molecular complexity index is 1290. The molecule has 4 aromatic rings. The SMILES string of the molecule is CNCc1ccc(-c2nnc(-c3cncc(-c4ccc(=O)n(C(C)C)c4)n3)o2)c(OC)c1. The fourth-order valence-electron chi connectivity index (χ4n) is 3.33. The molecule has 9 nitrogen and oxygen atoms in total. The molecule has 3 heterocycles. The lowest BCUT2D eigenvalue weighted by Gasteiger charge is -2.11. The molecule has 1 aromatic carbocycles. The lowest BCUT2D eigenvalue weighted by atomic mass is 10.1. The number of nitrogens with zero attached hydrogens (tertiary/aromatic N) is 5. The fraction of sp³-hybridized carbons (Fsp3) is 0.261. The minimum absolute atomic E-state index is 0.0339. The van der Waals surface area contributed by atoms with Crippen LogP contribution in [-0.2, 0) is 6.54 Å². The normalized spacial score (nSPS) is 11.2. The number of hydrogen-bond donors (Lipinski definition) is 1. The molecule has 0 unspecified atom stereocenters. The molecule has 1 N–H and O–H groups in total. The van der Waals surface area contributed by atoms with Crippen molar-refractivity contribution >= 4 is 0 Å². The van der Waals surface area contributed by atoms with E-state index in [0.29, 0.717) is 28.6 Å². The summed E-state index contributed by atoms with van der Waals surface area (Å²) < 4.78 is 13.1. The van der Waals surface area contributed by atoms with Crippen molar-refractivity contribution in [2.75, 3.05) is 14.2 Å². The van der Waals surface area contributed by atoms with Gasteiger partial charge in [0.1, 0.15) is 11.4 Å². The van der Waals surface area contributed by atoms with Crippen molar-refractivity contribution in [1.82, 2.24) is 30.0 Å². The van der Waals surface area contributed by atoms with E-state index in [1.165, 1.54) is 6.07 Å². The molecule has 0 saturated carbocycles. The highest BCUT2D eigenvalue weighted by molar-refractivity contribution is 5.65. The summed E-state index contributed by atoms with van der Waals surface area (Å²) >= 11 is 0. The van der Waals surface area contributed by atoms with Gasteiger partial charge in [0.05, 0.1) is 30.8 Å². The third-order valence-electron chi connectivity index (χ3n) is 4.95. The second-order valence-electron chi connectivity index (χ2n) is 7.52. The molecule has 164 valence electrons. The van der Waals surface area contributed by atoms with Gasteiger partial charge in [-0.1, -0.05) is 6.07 Å². The Morgan fingerprint density at radius 3 is 2.62 bits per heavy atom. The molecule has 0 saturated heterocycles. The second kappa shape index (κ2) is 9.11. The highest BCUT2D eigenvalue weighted by Gasteiger charge is 2.17. The standard InChI is InChI=1S/C23H24N6O3/c1-14(2)29-13-16(6-8-21(29)30)18-11-25-12-19(26-18)23-28-27-22(32-23)17-7-5-15(10-24-3)9-20(17)31-4/h5-9,11-14,24H,10H2,1-4H3. The third kappa shape index (κ3) is 4.28. The van der Waals surface area contributed by atoms with Crippen molar-refractivity contribution in [3.8, 4) is 40.0 Å². The van der Waals surface area contributed by atoms with Crippen LogP contribution in [0.25, 0.3) is 34.3 Å². The molecule has 0 spiro atoms. The Morgan fingerprint density at radius 1 is 1.09 bits per heavy atom. The number of nitrogens with one attached hydrogen (secondary N) is 1. The largest absolute Gasteiger partial charge is 0.496 e. The van der Waals surface area contributed by atoms with E-state index in [0.717, 1.165) is 17.7 Å². The van der Waals surface area contributed by atoms with Gasteiger partial charge in [-0.25, -0.2) is 4.98 Å². The van der Waals surface area contributed by atoms with Crippen LogP contribution >= 0.6 is 0 Å². The molecule has 0 aliphatic rings. The van der Waals surface area contributed by atoms with Gasteiger partial charge in [0.25, 0.3) is 17.3 Å². The molecule has 32 heavy (non-hydrogen) atoms. The summed E-state index contributed by atoms with van der Waals surface area (Å²) in [7, 11) is 3.49. The molecule has 0 amide bonds. The number of ether oxygens (including phenoxy) is 1. The van der Waals surface area contributed by atoms with Gasteiger partial charge in [0.15, 0.2) is 0 Å². The molecule has 0 fully saturated rings. The quantitative estimate of drug-likeness (QED) is 0.474. The van der Waals surface area contributed by atoms with Crippen LogP contribution < -0.4 is 15.6 Å². The predicted octanol–water partition coefficient (Wildman–Crippen LogP) is 3.33. The van der Waals surface area contributed by atoms with E-state index in [9.17, 15) is 4.79 Å². The van der Waals surface area contributed by atoms with Crippen LogP contribution in [0.15, 0.2) is 58.1 Å². The molecule has 0 aliphatic heterocycles. The highest BCUT2D eigenvalue weighted by atomic mass is 16.5. The zero-order valence-corrected chi connectivity index (χ0v) is 18.4. The van der Waals surface area contributed by atoms with Gasteiger partial charge in [0, 0.05) is 30.4 Å². The Labute approximate surface area is 185 Å². The van der Waals surface area contributed by atoms with Crippen LogP contribution in [0.1, 0.15) is 25.5 Å². The number of benzene rings is 1.